The average molecular weight is 387 g/mol. The van der Waals surface area contributed by atoms with Crippen molar-refractivity contribution < 1.29 is 14.3 Å². The van der Waals surface area contributed by atoms with Crippen LogP contribution in [0.2, 0.25) is 0 Å². The molecule has 2 aliphatic rings. The summed E-state index contributed by atoms with van der Waals surface area (Å²) in [6.07, 6.45) is 7.23. The molecule has 1 unspecified atom stereocenters. The molecule has 1 atom stereocenters. The number of carbonyl (C=O) groups excluding carboxylic acids is 2. The molecule has 1 aliphatic carbocycles. The molecule has 0 aromatic heterocycles. The maximum absolute atomic E-state index is 12.9. The Morgan fingerprint density at radius 3 is 2.11 bits per heavy atom. The Morgan fingerprint density at radius 1 is 0.964 bits per heavy atom. The Balaban J connectivity index is 1.49. The van der Waals surface area contributed by atoms with Gasteiger partial charge in [0.05, 0.1) is 6.10 Å². The first-order valence-corrected chi connectivity index (χ1v) is 10.9. The lowest BCUT2D eigenvalue weighted by Crippen LogP contribution is -2.38. The molecule has 5 nitrogen and oxygen atoms in total. The van der Waals surface area contributed by atoms with Crippen molar-refractivity contribution in [3.63, 3.8) is 0 Å². The number of nitrogens with one attached hydrogen (secondary N) is 2. The standard InChI is InChI=1S/C23H34N2O3/c1-3-16-7-5-8-17(4-2)21(16)25-23(27)19-12-10-18(11-13-19)22(26)24-15-20-9-6-14-28-20/h5,7-8,18-20H,3-4,6,9-15H2,1-2H3,(H,24,26)(H,25,27). The summed E-state index contributed by atoms with van der Waals surface area (Å²) in [5, 5.41) is 6.24. The van der Waals surface area contributed by atoms with E-state index in [2.05, 4.69) is 42.7 Å². The number of anilines is 1. The van der Waals surface area contributed by atoms with E-state index < -0.39 is 0 Å². The molecule has 1 aliphatic heterocycles. The van der Waals surface area contributed by atoms with Gasteiger partial charge in [0.25, 0.3) is 0 Å². The summed E-state index contributed by atoms with van der Waals surface area (Å²) in [6.45, 7) is 5.66. The third kappa shape index (κ3) is 5.13. The fraction of sp³-hybridized carbons (Fsp3) is 0.652. The zero-order valence-corrected chi connectivity index (χ0v) is 17.3. The average Bonchev–Trinajstić information content (AvgIpc) is 3.26. The number of hydrogen-bond acceptors (Lipinski definition) is 3. The van der Waals surface area contributed by atoms with Gasteiger partial charge >= 0.3 is 0 Å². The Morgan fingerprint density at radius 2 is 1.57 bits per heavy atom. The molecule has 2 fully saturated rings. The van der Waals surface area contributed by atoms with E-state index >= 15 is 0 Å². The quantitative estimate of drug-likeness (QED) is 0.748. The highest BCUT2D eigenvalue weighted by Gasteiger charge is 2.30. The van der Waals surface area contributed by atoms with E-state index in [9.17, 15) is 9.59 Å². The zero-order chi connectivity index (χ0) is 19.9. The number of amides is 2. The first-order chi connectivity index (χ1) is 13.6. The van der Waals surface area contributed by atoms with Crippen LogP contribution in [-0.4, -0.2) is 31.1 Å². The molecule has 28 heavy (non-hydrogen) atoms. The third-order valence-corrected chi connectivity index (χ3v) is 6.24. The first kappa shape index (κ1) is 20.8. The second-order valence-corrected chi connectivity index (χ2v) is 8.08. The number of ether oxygens (including phenoxy) is 1. The molecule has 1 saturated heterocycles. The Hall–Kier alpha value is -1.88. The van der Waals surface area contributed by atoms with E-state index in [-0.39, 0.29) is 29.8 Å². The van der Waals surface area contributed by atoms with E-state index in [0.717, 1.165) is 63.7 Å². The van der Waals surface area contributed by atoms with Crippen molar-refractivity contribution in [2.75, 3.05) is 18.5 Å². The molecule has 1 aromatic rings. The molecule has 2 amide bonds. The maximum Gasteiger partial charge on any atom is 0.227 e. The van der Waals surface area contributed by atoms with Crippen molar-refractivity contribution in [2.45, 2.75) is 71.3 Å². The van der Waals surface area contributed by atoms with Crippen molar-refractivity contribution in [1.29, 1.82) is 0 Å². The summed E-state index contributed by atoms with van der Waals surface area (Å²) in [5.41, 5.74) is 3.37. The highest BCUT2D eigenvalue weighted by atomic mass is 16.5. The second-order valence-electron chi connectivity index (χ2n) is 8.08. The van der Waals surface area contributed by atoms with Gasteiger partial charge in [0.1, 0.15) is 0 Å². The van der Waals surface area contributed by atoms with E-state index in [1.54, 1.807) is 0 Å². The largest absolute Gasteiger partial charge is 0.376 e. The smallest absolute Gasteiger partial charge is 0.227 e. The lowest BCUT2D eigenvalue weighted by Gasteiger charge is -2.28. The third-order valence-electron chi connectivity index (χ3n) is 6.24. The molecule has 3 rings (SSSR count). The van der Waals surface area contributed by atoms with E-state index in [0.29, 0.717) is 6.54 Å². The van der Waals surface area contributed by atoms with Crippen molar-refractivity contribution >= 4 is 17.5 Å². The summed E-state index contributed by atoms with van der Waals surface area (Å²) < 4.78 is 5.57. The molecule has 1 saturated carbocycles. The minimum absolute atomic E-state index is 0.00293. The van der Waals surface area contributed by atoms with E-state index in [1.165, 1.54) is 11.1 Å². The fourth-order valence-corrected chi connectivity index (χ4v) is 4.41. The van der Waals surface area contributed by atoms with Crippen molar-refractivity contribution in [2.24, 2.45) is 11.8 Å². The number of hydrogen-bond donors (Lipinski definition) is 2. The van der Waals surface area contributed by atoms with Gasteiger partial charge < -0.3 is 15.4 Å². The lowest BCUT2D eigenvalue weighted by molar-refractivity contribution is -0.128. The van der Waals surface area contributed by atoms with E-state index in [4.69, 9.17) is 4.74 Å². The SMILES string of the molecule is CCc1cccc(CC)c1NC(=O)C1CCC(C(=O)NCC2CCCO2)CC1. The minimum Gasteiger partial charge on any atom is -0.376 e. The van der Waals surface area contributed by atoms with Crippen LogP contribution < -0.4 is 10.6 Å². The molecule has 0 spiro atoms. The summed E-state index contributed by atoms with van der Waals surface area (Å²) in [5.74, 6) is 0.254. The van der Waals surface area contributed by atoms with Gasteiger partial charge in [0, 0.05) is 30.7 Å². The predicted molar refractivity (Wildman–Crippen MR) is 111 cm³/mol. The van der Waals surface area contributed by atoms with Crippen molar-refractivity contribution in [3.8, 4) is 0 Å². The van der Waals surface area contributed by atoms with Gasteiger partial charge in [0.2, 0.25) is 11.8 Å². The van der Waals surface area contributed by atoms with Gasteiger partial charge in [-0.25, -0.2) is 0 Å². The van der Waals surface area contributed by atoms with Crippen LogP contribution in [0.4, 0.5) is 5.69 Å². The van der Waals surface area contributed by atoms with Gasteiger partial charge in [-0.15, -0.1) is 0 Å². The highest BCUT2D eigenvalue weighted by molar-refractivity contribution is 5.94. The van der Waals surface area contributed by atoms with Crippen LogP contribution in [0.3, 0.4) is 0 Å². The van der Waals surface area contributed by atoms with Crippen LogP contribution >= 0.6 is 0 Å². The molecule has 154 valence electrons. The molecular formula is C23H34N2O3. The van der Waals surface area contributed by atoms with Crippen LogP contribution in [0.1, 0.15) is 63.5 Å². The lowest BCUT2D eigenvalue weighted by atomic mass is 9.81. The minimum atomic E-state index is -0.00293. The topological polar surface area (TPSA) is 67.4 Å². The van der Waals surface area contributed by atoms with Gasteiger partial charge in [0.15, 0.2) is 0 Å². The summed E-state index contributed by atoms with van der Waals surface area (Å²) >= 11 is 0. The monoisotopic (exact) mass is 386 g/mol. The number of benzene rings is 1. The summed E-state index contributed by atoms with van der Waals surface area (Å²) in [6, 6.07) is 6.24. The number of aryl methyl sites for hydroxylation is 2. The van der Waals surface area contributed by atoms with Crippen LogP contribution in [-0.2, 0) is 27.2 Å². The maximum atomic E-state index is 12.9. The zero-order valence-electron chi connectivity index (χ0n) is 17.3. The van der Waals surface area contributed by atoms with Crippen LogP contribution in [0.5, 0.6) is 0 Å². The molecule has 1 aromatic carbocycles. The fourth-order valence-electron chi connectivity index (χ4n) is 4.41. The predicted octanol–water partition coefficient (Wildman–Crippen LogP) is 3.85. The molecule has 5 heteroatoms. The summed E-state index contributed by atoms with van der Waals surface area (Å²) in [7, 11) is 0. The van der Waals surface area contributed by atoms with Gasteiger partial charge in [-0.3, -0.25) is 9.59 Å². The number of para-hydroxylation sites is 1. The molecule has 0 bridgehead atoms. The Bertz CT molecular complexity index is 652. The molecule has 0 radical (unpaired) electrons. The van der Waals surface area contributed by atoms with Crippen LogP contribution in [0.25, 0.3) is 0 Å². The van der Waals surface area contributed by atoms with Gasteiger partial charge in [-0.2, -0.15) is 0 Å². The number of rotatable bonds is 7. The number of carbonyl (C=O) groups is 2. The van der Waals surface area contributed by atoms with Crippen LogP contribution in [0, 0.1) is 11.8 Å². The van der Waals surface area contributed by atoms with Gasteiger partial charge in [-0.05, 0) is 62.5 Å². The summed E-state index contributed by atoms with van der Waals surface area (Å²) in [4.78, 5) is 25.3. The molecular weight excluding hydrogens is 352 g/mol. The molecule has 2 N–H and O–H groups in total. The second kappa shape index (κ2) is 10.1. The van der Waals surface area contributed by atoms with Crippen molar-refractivity contribution in [3.05, 3.63) is 29.3 Å². The Labute approximate surface area is 168 Å². The van der Waals surface area contributed by atoms with Crippen molar-refractivity contribution in [1.82, 2.24) is 5.32 Å². The highest BCUT2D eigenvalue weighted by Crippen LogP contribution is 2.31. The Kier molecular flexibility index (Phi) is 7.49. The van der Waals surface area contributed by atoms with Gasteiger partial charge in [-0.1, -0.05) is 32.0 Å². The first-order valence-electron chi connectivity index (χ1n) is 10.9. The van der Waals surface area contributed by atoms with E-state index in [1.807, 2.05) is 0 Å². The van der Waals surface area contributed by atoms with Crippen LogP contribution in [0.15, 0.2) is 18.2 Å². The molecule has 1 heterocycles. The normalized spacial score (nSPS) is 24.7.